The summed E-state index contributed by atoms with van der Waals surface area (Å²) in [6.07, 6.45) is 0.470. The van der Waals surface area contributed by atoms with Crippen molar-refractivity contribution in [1.29, 1.82) is 0 Å². The van der Waals surface area contributed by atoms with Crippen LogP contribution in [0.1, 0.15) is 39.9 Å². The van der Waals surface area contributed by atoms with E-state index in [1.54, 1.807) is 18.2 Å². The van der Waals surface area contributed by atoms with E-state index in [4.69, 9.17) is 67.5 Å². The van der Waals surface area contributed by atoms with E-state index in [-0.39, 0.29) is 44.4 Å². The number of imide groups is 1. The van der Waals surface area contributed by atoms with Crippen LogP contribution in [0.3, 0.4) is 0 Å². The summed E-state index contributed by atoms with van der Waals surface area (Å²) in [4.78, 5) is 39.9. The van der Waals surface area contributed by atoms with Gasteiger partial charge in [-0.25, -0.2) is 0 Å². The van der Waals surface area contributed by atoms with Crippen LogP contribution in [0, 0.1) is 0 Å². The summed E-state index contributed by atoms with van der Waals surface area (Å²) < 4.78 is 6.09. The molecule has 3 heterocycles. The highest BCUT2D eigenvalue weighted by atomic mass is 16.5. The van der Waals surface area contributed by atoms with E-state index in [0.717, 1.165) is 11.1 Å². The molecule has 41 heavy (non-hydrogen) atoms. The molecule has 0 bridgehead atoms. The fraction of sp³-hybridized carbons (Fsp3) is 0.423. The van der Waals surface area contributed by atoms with E-state index in [2.05, 4.69) is 5.32 Å². The first-order valence-electron chi connectivity index (χ1n) is 13.1. The minimum atomic E-state index is -1.96. The number of nitrogens with one attached hydrogen (secondary N) is 1. The molecule has 3 unspecified atom stereocenters. The first-order chi connectivity index (χ1) is 19.2. The quantitative estimate of drug-likeness (QED) is 0.394. The maximum atomic E-state index is 13.1. The number of hydrogen-bond acceptors (Lipinski definition) is 5. The molecule has 188 valence electrons. The Bertz CT molecular complexity index is 1390. The number of benzene rings is 2. The van der Waals surface area contributed by atoms with Crippen LogP contribution >= 0.6 is 0 Å². The predicted molar refractivity (Wildman–Crippen MR) is 160 cm³/mol. The molecule has 2 aromatic rings. The highest BCUT2D eigenvalue weighted by Crippen LogP contribution is 2.61. The molecule has 3 aliphatic rings. The van der Waals surface area contributed by atoms with Crippen molar-refractivity contribution in [1.82, 2.24) is 15.1 Å². The SMILES string of the molecule is [B]C1C([B])C([B])([B])C([B])([B])C([B])([B])N1Cc1ccc(COc2cccc3c2CN(C2CCC(=O)NC2=O)C3=O)cc1. The van der Waals surface area contributed by atoms with Crippen molar-refractivity contribution >= 4 is 80.5 Å². The Hall–Kier alpha value is -2.67. The lowest BCUT2D eigenvalue weighted by atomic mass is 9.14. The number of ether oxygens (including phenoxy) is 1. The minimum Gasteiger partial charge on any atom is -0.489 e. The van der Waals surface area contributed by atoms with Gasteiger partial charge in [0, 0.05) is 24.1 Å². The fourth-order valence-corrected chi connectivity index (χ4v) is 5.61. The number of carbonyl (C=O) groups is 3. The standard InChI is InChI=1S/C26H21B8N3O4/c27-20-21(28)37(26(33,34)25(31,32)24(20,29)30)10-13-4-6-14(7-5-13)12-41-18-3-1-2-15-16(18)11-36(23(15)40)17-8-9-19(38)35-22(17)39/h1-7,17,20-21H,8-12H2,(H,35,38,39). The zero-order chi connectivity index (χ0) is 29.9. The van der Waals surface area contributed by atoms with Crippen LogP contribution < -0.4 is 10.1 Å². The Labute approximate surface area is 250 Å². The second-order valence-corrected chi connectivity index (χ2v) is 11.1. The Morgan fingerprint density at radius 1 is 0.927 bits per heavy atom. The molecule has 16 radical (unpaired) electrons. The molecule has 3 aliphatic heterocycles. The number of fused-ring (bicyclic) bond motifs is 1. The number of hydrogen-bond donors (Lipinski definition) is 1. The summed E-state index contributed by atoms with van der Waals surface area (Å²) in [6.45, 7) is 0.594. The van der Waals surface area contributed by atoms with Gasteiger partial charge in [-0.15, -0.1) is 10.4 Å². The minimum absolute atomic E-state index is 0.166. The molecule has 0 saturated carbocycles. The smallest absolute Gasteiger partial charge is 0.255 e. The van der Waals surface area contributed by atoms with Crippen LogP contribution in [0.4, 0.5) is 0 Å². The molecule has 0 aliphatic carbocycles. The predicted octanol–water partition coefficient (Wildman–Crippen LogP) is -0.809. The molecule has 7 nitrogen and oxygen atoms in total. The van der Waals surface area contributed by atoms with Crippen molar-refractivity contribution in [3.8, 4) is 5.75 Å². The van der Waals surface area contributed by atoms with Gasteiger partial charge in [0.15, 0.2) is 0 Å². The van der Waals surface area contributed by atoms with E-state index in [9.17, 15) is 14.4 Å². The first kappa shape index (κ1) is 29.8. The molecule has 1 N–H and O–H groups in total. The van der Waals surface area contributed by atoms with Crippen molar-refractivity contribution < 1.29 is 19.1 Å². The van der Waals surface area contributed by atoms with Gasteiger partial charge in [0.2, 0.25) is 11.8 Å². The normalized spacial score (nSPS) is 26.8. The summed E-state index contributed by atoms with van der Waals surface area (Å²) >= 11 is 0. The molecule has 0 aromatic heterocycles. The highest BCUT2D eigenvalue weighted by molar-refractivity contribution is 6.63. The lowest BCUT2D eigenvalue weighted by molar-refractivity contribution is -0.136. The van der Waals surface area contributed by atoms with Crippen molar-refractivity contribution in [2.45, 2.75) is 66.1 Å². The summed E-state index contributed by atoms with van der Waals surface area (Å²) in [7, 11) is 49.6. The van der Waals surface area contributed by atoms with Crippen molar-refractivity contribution in [3.63, 3.8) is 0 Å². The third-order valence-electron chi connectivity index (χ3n) is 8.44. The van der Waals surface area contributed by atoms with E-state index in [0.29, 0.717) is 16.9 Å². The van der Waals surface area contributed by atoms with Gasteiger partial charge >= 0.3 is 0 Å². The molecule has 0 spiro atoms. The third kappa shape index (κ3) is 4.92. The number of likely N-dealkylation sites (tertiary alicyclic amines) is 1. The molecule has 2 fully saturated rings. The molecule has 2 aromatic carbocycles. The van der Waals surface area contributed by atoms with E-state index in [1.807, 2.05) is 24.3 Å². The molecular formula is C26H21B8N3O4. The van der Waals surface area contributed by atoms with Gasteiger partial charge in [-0.2, -0.15) is 0 Å². The number of rotatable bonds is 6. The van der Waals surface area contributed by atoms with Crippen LogP contribution in [0.5, 0.6) is 5.75 Å². The highest BCUT2D eigenvalue weighted by Gasteiger charge is 2.55. The van der Waals surface area contributed by atoms with E-state index in [1.165, 1.54) is 9.80 Å². The zero-order valence-electron chi connectivity index (χ0n) is 22.5. The largest absolute Gasteiger partial charge is 0.489 e. The lowest BCUT2D eigenvalue weighted by Crippen LogP contribution is -2.71. The Morgan fingerprint density at radius 3 is 2.24 bits per heavy atom. The lowest BCUT2D eigenvalue weighted by Gasteiger charge is -2.70. The van der Waals surface area contributed by atoms with Gasteiger partial charge in [0.25, 0.3) is 5.91 Å². The Morgan fingerprint density at radius 2 is 1.59 bits per heavy atom. The number of piperidine rings is 2. The summed E-state index contributed by atoms with van der Waals surface area (Å²) in [6, 6.07) is 11.9. The maximum absolute atomic E-state index is 13.1. The van der Waals surface area contributed by atoms with E-state index >= 15 is 0 Å². The molecule has 5 rings (SSSR count). The Kier molecular flexibility index (Phi) is 7.67. The molecule has 15 heteroatoms. The number of nitrogens with zero attached hydrogens (tertiary/aromatic N) is 2. The number of amides is 3. The van der Waals surface area contributed by atoms with Crippen LogP contribution in [-0.2, 0) is 29.3 Å². The topological polar surface area (TPSA) is 79.0 Å². The second kappa shape index (κ2) is 10.6. The average Bonchev–Trinajstić information content (AvgIpc) is 3.26. The van der Waals surface area contributed by atoms with Gasteiger partial charge in [-0.1, -0.05) is 41.5 Å². The maximum Gasteiger partial charge on any atom is 0.255 e. The Balaban J connectivity index is 1.26. The summed E-state index contributed by atoms with van der Waals surface area (Å²) in [5, 5.41) is -3.36. The van der Waals surface area contributed by atoms with Gasteiger partial charge < -0.3 is 14.5 Å². The summed E-state index contributed by atoms with van der Waals surface area (Å²) in [5.74, 6) is -2.47. The molecule has 3 atom stereocenters. The van der Waals surface area contributed by atoms with Gasteiger partial charge in [-0.3, -0.25) is 19.7 Å². The molecular weight excluding hydrogens is 505 g/mol. The summed E-state index contributed by atoms with van der Waals surface area (Å²) in [5.41, 5.74) is 2.80. The average molecular weight is 526 g/mol. The molecule has 3 amide bonds. The van der Waals surface area contributed by atoms with Gasteiger partial charge in [-0.05, 0) is 35.6 Å². The van der Waals surface area contributed by atoms with Crippen LogP contribution in [0.25, 0.3) is 0 Å². The van der Waals surface area contributed by atoms with Gasteiger partial charge in [0.05, 0.1) is 69.3 Å². The first-order valence-corrected chi connectivity index (χ1v) is 13.1. The second-order valence-electron chi connectivity index (χ2n) is 11.1. The van der Waals surface area contributed by atoms with Crippen molar-refractivity contribution in [2.75, 3.05) is 0 Å². The van der Waals surface area contributed by atoms with E-state index < -0.39 is 39.5 Å². The van der Waals surface area contributed by atoms with Crippen LogP contribution in [0.2, 0.25) is 16.2 Å². The third-order valence-corrected chi connectivity index (χ3v) is 8.44. The van der Waals surface area contributed by atoms with Gasteiger partial charge in [0.1, 0.15) is 18.4 Å². The zero-order valence-corrected chi connectivity index (χ0v) is 22.5. The van der Waals surface area contributed by atoms with Crippen LogP contribution in [0.15, 0.2) is 42.5 Å². The fourth-order valence-electron chi connectivity index (χ4n) is 5.61. The number of carbonyl (C=O) groups excluding carboxylic acids is 3. The molecule has 2 saturated heterocycles. The monoisotopic (exact) mass is 527 g/mol. The van der Waals surface area contributed by atoms with Crippen molar-refractivity contribution in [3.05, 3.63) is 64.7 Å². The van der Waals surface area contributed by atoms with Crippen LogP contribution in [-0.4, -0.2) is 108 Å². The van der Waals surface area contributed by atoms with Crippen molar-refractivity contribution in [2.24, 2.45) is 0 Å².